The quantitative estimate of drug-likeness (QED) is 0.774. The Morgan fingerprint density at radius 2 is 1.82 bits per heavy atom. The summed E-state index contributed by atoms with van der Waals surface area (Å²) < 4.78 is 1.44. The standard InChI is InChI=1S/C19H24N6O2.ClH/c20-18(26)17-12-16(22-25(17)14-4-2-1-3-5-14)19(27)24-9-6-15(13-24)23-10-7-21-8-11-23;/h1-5,12,15,21H,6-11,13H2,(H2,20,26);1H. The van der Waals surface area contributed by atoms with Crippen LogP contribution in [0.2, 0.25) is 0 Å². The summed E-state index contributed by atoms with van der Waals surface area (Å²) in [6.07, 6.45) is 0.966. The van der Waals surface area contributed by atoms with E-state index < -0.39 is 5.91 Å². The van der Waals surface area contributed by atoms with Crippen molar-refractivity contribution in [2.24, 2.45) is 5.73 Å². The van der Waals surface area contributed by atoms with Crippen LogP contribution < -0.4 is 11.1 Å². The van der Waals surface area contributed by atoms with Crippen molar-refractivity contribution in [3.05, 3.63) is 47.8 Å². The smallest absolute Gasteiger partial charge is 0.274 e. The number of amides is 2. The number of nitrogens with two attached hydrogens (primary N) is 1. The van der Waals surface area contributed by atoms with Crippen LogP contribution >= 0.6 is 12.4 Å². The number of nitrogens with one attached hydrogen (secondary N) is 1. The van der Waals surface area contributed by atoms with E-state index in [0.29, 0.717) is 24.8 Å². The summed E-state index contributed by atoms with van der Waals surface area (Å²) in [5, 5.41) is 7.74. The van der Waals surface area contributed by atoms with Crippen molar-refractivity contribution >= 4 is 24.2 Å². The molecule has 3 N–H and O–H groups in total. The first-order valence-electron chi connectivity index (χ1n) is 9.33. The summed E-state index contributed by atoms with van der Waals surface area (Å²) in [5.41, 5.74) is 6.67. The van der Waals surface area contributed by atoms with Gasteiger partial charge < -0.3 is 16.0 Å². The molecule has 2 aliphatic heterocycles. The van der Waals surface area contributed by atoms with E-state index >= 15 is 0 Å². The third-order valence-electron chi connectivity index (χ3n) is 5.30. The molecule has 2 aromatic rings. The first-order valence-corrected chi connectivity index (χ1v) is 9.33. The van der Waals surface area contributed by atoms with Crippen LogP contribution in [0.3, 0.4) is 0 Å². The maximum Gasteiger partial charge on any atom is 0.274 e. The van der Waals surface area contributed by atoms with E-state index in [1.165, 1.54) is 10.7 Å². The summed E-state index contributed by atoms with van der Waals surface area (Å²) in [4.78, 5) is 29.1. The van der Waals surface area contributed by atoms with Gasteiger partial charge in [-0.3, -0.25) is 14.5 Å². The fraction of sp³-hybridized carbons (Fsp3) is 0.421. The summed E-state index contributed by atoms with van der Waals surface area (Å²) in [7, 11) is 0. The molecule has 3 heterocycles. The topological polar surface area (TPSA) is 96.5 Å². The third kappa shape index (κ3) is 4.04. The zero-order valence-electron chi connectivity index (χ0n) is 15.6. The Morgan fingerprint density at radius 3 is 2.50 bits per heavy atom. The Bertz CT molecular complexity index is 834. The minimum Gasteiger partial charge on any atom is -0.364 e. The summed E-state index contributed by atoms with van der Waals surface area (Å²) >= 11 is 0. The molecule has 1 aromatic carbocycles. The highest BCUT2D eigenvalue weighted by molar-refractivity contribution is 5.97. The molecule has 2 fully saturated rings. The predicted molar refractivity (Wildman–Crippen MR) is 108 cm³/mol. The lowest BCUT2D eigenvalue weighted by molar-refractivity contribution is 0.0767. The molecule has 1 atom stereocenters. The van der Waals surface area contributed by atoms with Crippen molar-refractivity contribution in [3.8, 4) is 5.69 Å². The van der Waals surface area contributed by atoms with E-state index in [1.54, 1.807) is 0 Å². The zero-order valence-corrected chi connectivity index (χ0v) is 16.4. The number of rotatable bonds is 4. The number of hydrogen-bond donors (Lipinski definition) is 2. The second-order valence-corrected chi connectivity index (χ2v) is 7.01. The number of nitrogens with zero attached hydrogens (tertiary/aromatic N) is 4. The van der Waals surface area contributed by atoms with E-state index in [0.717, 1.165) is 32.6 Å². The highest BCUT2D eigenvalue weighted by atomic mass is 35.5. The van der Waals surface area contributed by atoms with Crippen molar-refractivity contribution in [3.63, 3.8) is 0 Å². The fourth-order valence-corrected chi connectivity index (χ4v) is 3.86. The van der Waals surface area contributed by atoms with Gasteiger partial charge >= 0.3 is 0 Å². The van der Waals surface area contributed by atoms with Gasteiger partial charge in [-0.15, -0.1) is 12.4 Å². The Hall–Kier alpha value is -2.42. The minimum atomic E-state index is -0.606. The number of carbonyl (C=O) groups is 2. The number of carbonyl (C=O) groups excluding carboxylic acids is 2. The molecular formula is C19H25ClN6O2. The number of primary amides is 1. The maximum absolute atomic E-state index is 13.0. The van der Waals surface area contributed by atoms with Crippen molar-refractivity contribution in [1.82, 2.24) is 24.9 Å². The molecule has 4 rings (SSSR count). The maximum atomic E-state index is 13.0. The molecule has 2 saturated heterocycles. The van der Waals surface area contributed by atoms with E-state index in [-0.39, 0.29) is 29.7 Å². The van der Waals surface area contributed by atoms with Gasteiger partial charge in [-0.2, -0.15) is 5.10 Å². The van der Waals surface area contributed by atoms with Crippen molar-refractivity contribution in [2.45, 2.75) is 12.5 Å². The van der Waals surface area contributed by atoms with Gasteiger partial charge in [-0.1, -0.05) is 18.2 Å². The fourth-order valence-electron chi connectivity index (χ4n) is 3.86. The SMILES string of the molecule is Cl.NC(=O)c1cc(C(=O)N2CCC(N3CCNCC3)C2)nn1-c1ccccc1. The lowest BCUT2D eigenvalue weighted by Gasteiger charge is -2.32. The van der Waals surface area contributed by atoms with E-state index in [2.05, 4.69) is 15.3 Å². The van der Waals surface area contributed by atoms with Gasteiger partial charge in [0.25, 0.3) is 11.8 Å². The number of likely N-dealkylation sites (tertiary alicyclic amines) is 1. The van der Waals surface area contributed by atoms with Gasteiger partial charge in [-0.05, 0) is 18.6 Å². The van der Waals surface area contributed by atoms with Crippen LogP contribution in [0.15, 0.2) is 36.4 Å². The van der Waals surface area contributed by atoms with Crippen molar-refractivity contribution in [1.29, 1.82) is 0 Å². The Kier molecular flexibility index (Phi) is 6.33. The molecule has 1 unspecified atom stereocenters. The first kappa shape index (κ1) is 20.3. The Morgan fingerprint density at radius 1 is 1.11 bits per heavy atom. The lowest BCUT2D eigenvalue weighted by atomic mass is 10.2. The molecule has 150 valence electrons. The van der Waals surface area contributed by atoms with Crippen LogP contribution in [0.25, 0.3) is 5.69 Å². The molecule has 0 radical (unpaired) electrons. The van der Waals surface area contributed by atoms with E-state index in [4.69, 9.17) is 5.73 Å². The molecule has 0 aliphatic carbocycles. The van der Waals surface area contributed by atoms with Crippen LogP contribution in [-0.2, 0) is 0 Å². The monoisotopic (exact) mass is 404 g/mol. The number of halogens is 1. The molecule has 8 nitrogen and oxygen atoms in total. The average Bonchev–Trinajstić information content (AvgIpc) is 3.37. The number of para-hydroxylation sites is 1. The molecule has 0 spiro atoms. The molecule has 1 aromatic heterocycles. The third-order valence-corrected chi connectivity index (χ3v) is 5.30. The van der Waals surface area contributed by atoms with Gasteiger partial charge in [0.1, 0.15) is 5.69 Å². The van der Waals surface area contributed by atoms with E-state index in [9.17, 15) is 9.59 Å². The van der Waals surface area contributed by atoms with Gasteiger partial charge in [0, 0.05) is 51.4 Å². The molecule has 2 aliphatic rings. The predicted octanol–water partition coefficient (Wildman–Crippen LogP) is 0.513. The van der Waals surface area contributed by atoms with Crippen LogP contribution in [0.1, 0.15) is 27.4 Å². The summed E-state index contributed by atoms with van der Waals surface area (Å²) in [5.74, 6) is -0.754. The highest BCUT2D eigenvalue weighted by Gasteiger charge is 2.32. The van der Waals surface area contributed by atoms with Crippen LogP contribution in [0.5, 0.6) is 0 Å². The number of piperazine rings is 1. The minimum absolute atomic E-state index is 0. The second-order valence-electron chi connectivity index (χ2n) is 7.01. The number of hydrogen-bond acceptors (Lipinski definition) is 5. The van der Waals surface area contributed by atoms with Gasteiger partial charge in [-0.25, -0.2) is 4.68 Å². The Labute approximate surface area is 170 Å². The molecular weight excluding hydrogens is 380 g/mol. The largest absolute Gasteiger partial charge is 0.364 e. The number of benzene rings is 1. The average molecular weight is 405 g/mol. The van der Waals surface area contributed by atoms with Gasteiger partial charge in [0.15, 0.2) is 5.69 Å². The summed E-state index contributed by atoms with van der Waals surface area (Å²) in [6, 6.07) is 11.1. The second kappa shape index (κ2) is 8.72. The Balaban J connectivity index is 0.00000225. The lowest BCUT2D eigenvalue weighted by Crippen LogP contribution is -2.49. The van der Waals surface area contributed by atoms with Gasteiger partial charge in [0.05, 0.1) is 5.69 Å². The zero-order chi connectivity index (χ0) is 18.8. The van der Waals surface area contributed by atoms with Crippen LogP contribution in [-0.4, -0.2) is 76.7 Å². The van der Waals surface area contributed by atoms with Crippen LogP contribution in [0.4, 0.5) is 0 Å². The molecule has 0 saturated carbocycles. The first-order chi connectivity index (χ1) is 13.1. The normalized spacial score (nSPS) is 20.0. The highest BCUT2D eigenvalue weighted by Crippen LogP contribution is 2.20. The number of aromatic nitrogens is 2. The van der Waals surface area contributed by atoms with Crippen molar-refractivity contribution in [2.75, 3.05) is 39.3 Å². The van der Waals surface area contributed by atoms with Crippen LogP contribution in [0, 0.1) is 0 Å². The van der Waals surface area contributed by atoms with Crippen molar-refractivity contribution < 1.29 is 9.59 Å². The molecule has 9 heteroatoms. The molecule has 2 amide bonds. The van der Waals surface area contributed by atoms with Gasteiger partial charge in [0.2, 0.25) is 0 Å². The summed E-state index contributed by atoms with van der Waals surface area (Å²) in [6.45, 7) is 5.42. The molecule has 0 bridgehead atoms. The van der Waals surface area contributed by atoms with E-state index in [1.807, 2.05) is 35.2 Å². The molecule has 28 heavy (non-hydrogen) atoms.